The van der Waals surface area contributed by atoms with Gasteiger partial charge in [-0.3, -0.25) is 29.5 Å². The standard InChI is InChI=1S/C29H42N2O6/c1-5-6-7-8-9-10-11-12-13-17-24(33)37-36-22-16-14-15-20-25(22)26(29(2,3)4)31(28(20)35)21-18-19-23(32)30-27(21)34/h14-16,21,26H,5-13,17-19H2,1-4H3,(H,30,32,34). The summed E-state index contributed by atoms with van der Waals surface area (Å²) in [4.78, 5) is 62.4. The normalized spacial score (nSPS) is 19.6. The Bertz CT molecular complexity index is 983. The van der Waals surface area contributed by atoms with Crippen LogP contribution in [0.25, 0.3) is 0 Å². The molecule has 2 aliphatic rings. The molecule has 3 amide bonds. The van der Waals surface area contributed by atoms with Crippen molar-refractivity contribution in [2.24, 2.45) is 5.41 Å². The molecule has 1 aromatic carbocycles. The number of carbonyl (C=O) groups is 4. The van der Waals surface area contributed by atoms with Gasteiger partial charge < -0.3 is 4.90 Å². The predicted octanol–water partition coefficient (Wildman–Crippen LogP) is 5.79. The van der Waals surface area contributed by atoms with E-state index >= 15 is 0 Å². The molecule has 0 spiro atoms. The van der Waals surface area contributed by atoms with Crippen LogP contribution in [0.4, 0.5) is 0 Å². The monoisotopic (exact) mass is 514 g/mol. The van der Waals surface area contributed by atoms with Gasteiger partial charge in [0.05, 0.1) is 12.5 Å². The van der Waals surface area contributed by atoms with Gasteiger partial charge in [-0.2, -0.15) is 0 Å². The van der Waals surface area contributed by atoms with Gasteiger partial charge in [0.25, 0.3) is 5.91 Å². The van der Waals surface area contributed by atoms with Crippen LogP contribution in [-0.2, 0) is 19.3 Å². The fraction of sp³-hybridized carbons (Fsp3) is 0.655. The molecule has 1 saturated heterocycles. The molecule has 1 aromatic rings. The number of imide groups is 1. The lowest BCUT2D eigenvalue weighted by molar-refractivity contribution is -0.214. The highest BCUT2D eigenvalue weighted by Gasteiger charge is 2.50. The minimum absolute atomic E-state index is 0.174. The maximum absolute atomic E-state index is 13.5. The van der Waals surface area contributed by atoms with Crippen LogP contribution in [0.2, 0.25) is 0 Å². The van der Waals surface area contributed by atoms with Crippen LogP contribution in [0.3, 0.4) is 0 Å². The second-order valence-corrected chi connectivity index (χ2v) is 11.3. The molecule has 2 aliphatic heterocycles. The van der Waals surface area contributed by atoms with Gasteiger partial charge in [0.15, 0.2) is 5.75 Å². The molecule has 2 atom stereocenters. The molecule has 37 heavy (non-hydrogen) atoms. The Labute approximate surface area is 220 Å². The van der Waals surface area contributed by atoms with Crippen molar-refractivity contribution in [2.75, 3.05) is 0 Å². The number of nitrogens with one attached hydrogen (secondary N) is 1. The number of piperidine rings is 1. The van der Waals surface area contributed by atoms with Gasteiger partial charge in [-0.1, -0.05) is 85.1 Å². The number of fused-ring (bicyclic) bond motifs is 1. The molecule has 1 fully saturated rings. The summed E-state index contributed by atoms with van der Waals surface area (Å²) in [6, 6.07) is 3.79. The van der Waals surface area contributed by atoms with E-state index in [0.717, 1.165) is 19.3 Å². The topological polar surface area (TPSA) is 102 Å². The Kier molecular flexibility index (Phi) is 10.1. The van der Waals surface area contributed by atoms with Gasteiger partial charge in [0.1, 0.15) is 6.04 Å². The first kappa shape index (κ1) is 28.7. The average molecular weight is 515 g/mol. The fourth-order valence-electron chi connectivity index (χ4n) is 5.31. The second-order valence-electron chi connectivity index (χ2n) is 11.3. The van der Waals surface area contributed by atoms with Gasteiger partial charge in [-0.25, -0.2) is 4.79 Å². The third-order valence-corrected chi connectivity index (χ3v) is 7.16. The van der Waals surface area contributed by atoms with Crippen LogP contribution in [-0.4, -0.2) is 34.6 Å². The number of unbranched alkanes of at least 4 members (excludes halogenated alkanes) is 8. The van der Waals surface area contributed by atoms with E-state index in [1.54, 1.807) is 23.1 Å². The zero-order valence-corrected chi connectivity index (χ0v) is 22.8. The lowest BCUT2D eigenvalue weighted by Crippen LogP contribution is -2.54. The summed E-state index contributed by atoms with van der Waals surface area (Å²) in [5.74, 6) is -1.25. The van der Waals surface area contributed by atoms with Crippen molar-refractivity contribution in [3.05, 3.63) is 29.3 Å². The first-order valence-electron chi connectivity index (χ1n) is 13.8. The summed E-state index contributed by atoms with van der Waals surface area (Å²) in [6.45, 7) is 8.15. The van der Waals surface area contributed by atoms with E-state index in [9.17, 15) is 19.2 Å². The largest absolute Gasteiger partial charge is 0.355 e. The molecule has 3 rings (SSSR count). The Morgan fingerprint density at radius 3 is 2.27 bits per heavy atom. The van der Waals surface area contributed by atoms with E-state index in [0.29, 0.717) is 16.9 Å². The molecule has 1 N–H and O–H groups in total. The molecule has 0 bridgehead atoms. The van der Waals surface area contributed by atoms with Crippen LogP contribution < -0.4 is 10.2 Å². The molecule has 8 nitrogen and oxygen atoms in total. The fourth-order valence-corrected chi connectivity index (χ4v) is 5.31. The number of hydrogen-bond donors (Lipinski definition) is 1. The van der Waals surface area contributed by atoms with Crippen LogP contribution in [0, 0.1) is 5.41 Å². The van der Waals surface area contributed by atoms with Gasteiger partial charge >= 0.3 is 5.97 Å². The molecular formula is C29H42N2O6. The van der Waals surface area contributed by atoms with Crippen molar-refractivity contribution in [3.8, 4) is 5.75 Å². The summed E-state index contributed by atoms with van der Waals surface area (Å²) in [5, 5.41) is 2.35. The van der Waals surface area contributed by atoms with Gasteiger partial charge in [0, 0.05) is 17.5 Å². The number of rotatable bonds is 13. The molecule has 2 unspecified atom stereocenters. The second kappa shape index (κ2) is 13.1. The average Bonchev–Trinajstić information content (AvgIpc) is 3.15. The van der Waals surface area contributed by atoms with Crippen molar-refractivity contribution in [2.45, 2.75) is 117 Å². The third kappa shape index (κ3) is 7.33. The summed E-state index contributed by atoms with van der Waals surface area (Å²) < 4.78 is 0. The molecule has 0 radical (unpaired) electrons. The molecule has 0 aliphatic carbocycles. The summed E-state index contributed by atoms with van der Waals surface area (Å²) in [7, 11) is 0. The van der Waals surface area contributed by atoms with Gasteiger partial charge in [-0.15, -0.1) is 0 Å². The number of benzene rings is 1. The summed E-state index contributed by atoms with van der Waals surface area (Å²) in [5.41, 5.74) is 0.556. The number of nitrogens with zero attached hydrogens (tertiary/aromatic N) is 1. The first-order chi connectivity index (χ1) is 17.6. The highest BCUT2D eigenvalue weighted by Crippen LogP contribution is 2.50. The van der Waals surface area contributed by atoms with Crippen molar-refractivity contribution in [1.82, 2.24) is 10.2 Å². The maximum atomic E-state index is 13.5. The summed E-state index contributed by atoms with van der Waals surface area (Å²) >= 11 is 0. The lowest BCUT2D eigenvalue weighted by Gasteiger charge is -2.40. The third-order valence-electron chi connectivity index (χ3n) is 7.16. The van der Waals surface area contributed by atoms with E-state index in [2.05, 4.69) is 12.2 Å². The SMILES string of the molecule is CCCCCCCCCCCC(=O)OOc1cccc2c1C(C(C)(C)C)N(C1CCC(=O)NC1=O)C2=O. The number of amides is 3. The molecule has 0 saturated carbocycles. The van der Waals surface area contributed by atoms with Crippen molar-refractivity contribution < 1.29 is 29.0 Å². The smallest absolute Gasteiger partial charge is 0.319 e. The molecular weight excluding hydrogens is 472 g/mol. The number of hydrogen-bond acceptors (Lipinski definition) is 6. The zero-order valence-electron chi connectivity index (χ0n) is 22.8. The van der Waals surface area contributed by atoms with Crippen LogP contribution in [0.15, 0.2) is 18.2 Å². The van der Waals surface area contributed by atoms with Crippen molar-refractivity contribution in [1.29, 1.82) is 0 Å². The van der Waals surface area contributed by atoms with Crippen molar-refractivity contribution >= 4 is 23.7 Å². The predicted molar refractivity (Wildman–Crippen MR) is 140 cm³/mol. The Hall–Kier alpha value is -2.90. The Morgan fingerprint density at radius 2 is 1.65 bits per heavy atom. The highest BCUT2D eigenvalue weighted by molar-refractivity contribution is 6.06. The van der Waals surface area contributed by atoms with Crippen LogP contribution in [0.1, 0.15) is 127 Å². The highest BCUT2D eigenvalue weighted by atomic mass is 17.2. The Balaban J connectivity index is 1.60. The number of carbonyl (C=O) groups excluding carboxylic acids is 4. The quantitative estimate of drug-likeness (QED) is 0.155. The van der Waals surface area contributed by atoms with E-state index in [1.165, 1.54) is 38.5 Å². The van der Waals surface area contributed by atoms with E-state index in [1.807, 2.05) is 20.8 Å². The first-order valence-corrected chi connectivity index (χ1v) is 13.8. The van der Waals surface area contributed by atoms with E-state index < -0.39 is 29.4 Å². The molecule has 0 aromatic heterocycles. The molecule has 2 heterocycles. The van der Waals surface area contributed by atoms with Crippen molar-refractivity contribution in [3.63, 3.8) is 0 Å². The molecule has 204 valence electrons. The molecule has 8 heteroatoms. The van der Waals surface area contributed by atoms with E-state index in [4.69, 9.17) is 9.78 Å². The minimum atomic E-state index is -0.760. The summed E-state index contributed by atoms with van der Waals surface area (Å²) in [6.07, 6.45) is 11.1. The van der Waals surface area contributed by atoms with Gasteiger partial charge in [-0.05, 0) is 30.4 Å². The minimum Gasteiger partial charge on any atom is -0.319 e. The zero-order chi connectivity index (χ0) is 27.0. The Morgan fingerprint density at radius 1 is 1.00 bits per heavy atom. The van der Waals surface area contributed by atoms with E-state index in [-0.39, 0.29) is 31.1 Å². The van der Waals surface area contributed by atoms with Crippen LogP contribution >= 0.6 is 0 Å². The maximum Gasteiger partial charge on any atom is 0.355 e. The van der Waals surface area contributed by atoms with Gasteiger partial charge in [0.2, 0.25) is 11.8 Å². The van der Waals surface area contributed by atoms with Crippen LogP contribution in [0.5, 0.6) is 5.75 Å². The lowest BCUT2D eigenvalue weighted by atomic mass is 9.81.